The van der Waals surface area contributed by atoms with Gasteiger partial charge >= 0.3 is 5.97 Å². The van der Waals surface area contributed by atoms with Crippen molar-refractivity contribution in [3.05, 3.63) is 56.1 Å². The Morgan fingerprint density at radius 2 is 1.89 bits per heavy atom. The number of carbonyl (C=O) groups is 1. The standard InChI is InChI=1S/C14H10BrIO2S/c1-18-14(17)9-2-7-13(12(15)8-9)19-11-5-3-10(16)4-6-11/h2-8H,1H3. The topological polar surface area (TPSA) is 26.3 Å². The Balaban J connectivity index is 2.22. The Morgan fingerprint density at radius 1 is 1.21 bits per heavy atom. The van der Waals surface area contributed by atoms with Crippen molar-refractivity contribution in [2.75, 3.05) is 7.11 Å². The van der Waals surface area contributed by atoms with E-state index in [2.05, 4.69) is 62.8 Å². The summed E-state index contributed by atoms with van der Waals surface area (Å²) < 4.78 is 6.79. The number of carbonyl (C=O) groups excluding carboxylic acids is 1. The fraction of sp³-hybridized carbons (Fsp3) is 0.0714. The fourth-order valence-electron chi connectivity index (χ4n) is 1.46. The van der Waals surface area contributed by atoms with Gasteiger partial charge in [-0.05, 0) is 81.0 Å². The Bertz CT molecular complexity index is 599. The highest BCUT2D eigenvalue weighted by Gasteiger charge is 2.09. The van der Waals surface area contributed by atoms with Crippen LogP contribution in [0.3, 0.4) is 0 Å². The predicted octanol–water partition coefficient (Wildman–Crippen LogP) is 4.99. The van der Waals surface area contributed by atoms with E-state index in [4.69, 9.17) is 4.74 Å². The molecule has 2 aromatic rings. The lowest BCUT2D eigenvalue weighted by molar-refractivity contribution is 0.0600. The minimum Gasteiger partial charge on any atom is -0.465 e. The largest absolute Gasteiger partial charge is 0.465 e. The molecule has 0 aliphatic heterocycles. The van der Waals surface area contributed by atoms with E-state index in [1.807, 2.05) is 6.07 Å². The zero-order valence-electron chi connectivity index (χ0n) is 10.0. The summed E-state index contributed by atoms with van der Waals surface area (Å²) in [4.78, 5) is 13.6. The molecule has 0 aromatic heterocycles. The lowest BCUT2D eigenvalue weighted by atomic mass is 10.2. The SMILES string of the molecule is COC(=O)c1ccc(Sc2ccc(I)cc2)c(Br)c1. The average Bonchev–Trinajstić information content (AvgIpc) is 2.42. The second-order valence-corrected chi connectivity index (χ2v) is 6.91. The molecule has 5 heteroatoms. The van der Waals surface area contributed by atoms with Crippen LogP contribution in [0, 0.1) is 3.57 Å². The van der Waals surface area contributed by atoms with Crippen LogP contribution >= 0.6 is 50.3 Å². The highest BCUT2D eigenvalue weighted by atomic mass is 127. The van der Waals surface area contributed by atoms with Crippen LogP contribution in [0.1, 0.15) is 10.4 Å². The highest BCUT2D eigenvalue weighted by molar-refractivity contribution is 14.1. The molecule has 0 radical (unpaired) electrons. The van der Waals surface area contributed by atoms with Gasteiger partial charge in [0.05, 0.1) is 12.7 Å². The number of ether oxygens (including phenoxy) is 1. The average molecular weight is 449 g/mol. The van der Waals surface area contributed by atoms with Gasteiger partial charge < -0.3 is 4.74 Å². The number of benzene rings is 2. The molecule has 2 rings (SSSR count). The van der Waals surface area contributed by atoms with Crippen LogP contribution in [-0.2, 0) is 4.74 Å². The molecule has 0 saturated carbocycles. The molecule has 0 aliphatic carbocycles. The van der Waals surface area contributed by atoms with Gasteiger partial charge in [-0.15, -0.1) is 0 Å². The molecule has 0 spiro atoms. The Morgan fingerprint density at radius 3 is 2.47 bits per heavy atom. The van der Waals surface area contributed by atoms with E-state index in [1.54, 1.807) is 23.9 Å². The van der Waals surface area contributed by atoms with E-state index in [0.29, 0.717) is 5.56 Å². The summed E-state index contributed by atoms with van der Waals surface area (Å²) in [6.07, 6.45) is 0. The van der Waals surface area contributed by atoms with Gasteiger partial charge in [0.2, 0.25) is 0 Å². The maximum Gasteiger partial charge on any atom is 0.337 e. The molecule has 2 nitrogen and oxygen atoms in total. The van der Waals surface area contributed by atoms with E-state index >= 15 is 0 Å². The first kappa shape index (κ1) is 14.9. The van der Waals surface area contributed by atoms with Crippen molar-refractivity contribution in [3.8, 4) is 0 Å². The van der Waals surface area contributed by atoms with Gasteiger partial charge in [-0.25, -0.2) is 4.79 Å². The van der Waals surface area contributed by atoms with Crippen molar-refractivity contribution in [3.63, 3.8) is 0 Å². The Hall–Kier alpha value is -0.530. The van der Waals surface area contributed by atoms with Crippen LogP contribution in [-0.4, -0.2) is 13.1 Å². The molecule has 0 amide bonds. The molecule has 0 atom stereocenters. The lowest BCUT2D eigenvalue weighted by Gasteiger charge is -2.06. The fourth-order valence-corrected chi connectivity index (χ4v) is 3.26. The molecule has 2 aromatic carbocycles. The van der Waals surface area contributed by atoms with Gasteiger partial charge in [-0.2, -0.15) is 0 Å². The lowest BCUT2D eigenvalue weighted by Crippen LogP contribution is -2.00. The van der Waals surface area contributed by atoms with Crippen molar-refractivity contribution in [1.29, 1.82) is 0 Å². The quantitative estimate of drug-likeness (QED) is 0.488. The first-order valence-corrected chi connectivity index (χ1v) is 8.10. The maximum absolute atomic E-state index is 11.4. The number of hydrogen-bond donors (Lipinski definition) is 0. The predicted molar refractivity (Wildman–Crippen MR) is 88.8 cm³/mol. The molecule has 0 saturated heterocycles. The third kappa shape index (κ3) is 3.97. The van der Waals surface area contributed by atoms with Gasteiger partial charge in [-0.1, -0.05) is 11.8 Å². The molecule has 98 valence electrons. The summed E-state index contributed by atoms with van der Waals surface area (Å²) >= 11 is 7.42. The number of methoxy groups -OCH3 is 1. The number of esters is 1. The second kappa shape index (κ2) is 6.76. The van der Waals surface area contributed by atoms with Gasteiger partial charge in [0.25, 0.3) is 0 Å². The first-order valence-electron chi connectivity index (χ1n) is 5.41. The summed E-state index contributed by atoms with van der Waals surface area (Å²) in [5, 5.41) is 0. The van der Waals surface area contributed by atoms with E-state index in [-0.39, 0.29) is 5.97 Å². The summed E-state index contributed by atoms with van der Waals surface area (Å²) in [5.74, 6) is -0.327. The zero-order chi connectivity index (χ0) is 13.8. The maximum atomic E-state index is 11.4. The van der Waals surface area contributed by atoms with Crippen molar-refractivity contribution in [1.82, 2.24) is 0 Å². The number of hydrogen-bond acceptors (Lipinski definition) is 3. The molecule has 0 N–H and O–H groups in total. The van der Waals surface area contributed by atoms with E-state index in [1.165, 1.54) is 10.7 Å². The van der Waals surface area contributed by atoms with E-state index in [9.17, 15) is 4.79 Å². The van der Waals surface area contributed by atoms with Gasteiger partial charge in [0, 0.05) is 17.8 Å². The molecule has 19 heavy (non-hydrogen) atoms. The first-order chi connectivity index (χ1) is 9.10. The molecular weight excluding hydrogens is 439 g/mol. The summed E-state index contributed by atoms with van der Waals surface area (Å²) in [5.41, 5.74) is 0.543. The van der Waals surface area contributed by atoms with E-state index in [0.717, 1.165) is 14.3 Å². The monoisotopic (exact) mass is 448 g/mol. The molecule has 0 heterocycles. The molecule has 0 aliphatic rings. The van der Waals surface area contributed by atoms with Crippen LogP contribution in [0.5, 0.6) is 0 Å². The smallest absolute Gasteiger partial charge is 0.337 e. The normalized spacial score (nSPS) is 10.3. The second-order valence-electron chi connectivity index (χ2n) is 3.69. The van der Waals surface area contributed by atoms with Crippen LogP contribution in [0.25, 0.3) is 0 Å². The Kier molecular flexibility index (Phi) is 5.29. The van der Waals surface area contributed by atoms with Crippen LogP contribution < -0.4 is 0 Å². The minimum absolute atomic E-state index is 0.327. The summed E-state index contributed by atoms with van der Waals surface area (Å²) in [6.45, 7) is 0. The Labute approximate surface area is 138 Å². The van der Waals surface area contributed by atoms with Gasteiger partial charge in [0.1, 0.15) is 0 Å². The van der Waals surface area contributed by atoms with E-state index < -0.39 is 0 Å². The summed E-state index contributed by atoms with van der Waals surface area (Å²) in [7, 11) is 1.38. The molecule has 0 bridgehead atoms. The molecule has 0 unspecified atom stereocenters. The number of halogens is 2. The van der Waals surface area contributed by atoms with Gasteiger partial charge in [0.15, 0.2) is 0 Å². The molecule has 0 fully saturated rings. The minimum atomic E-state index is -0.327. The van der Waals surface area contributed by atoms with Crippen LogP contribution in [0.4, 0.5) is 0 Å². The van der Waals surface area contributed by atoms with Crippen molar-refractivity contribution in [2.45, 2.75) is 9.79 Å². The molecular formula is C14H10BrIO2S. The van der Waals surface area contributed by atoms with Crippen molar-refractivity contribution in [2.24, 2.45) is 0 Å². The van der Waals surface area contributed by atoms with Crippen LogP contribution in [0.2, 0.25) is 0 Å². The van der Waals surface area contributed by atoms with Crippen molar-refractivity contribution < 1.29 is 9.53 Å². The van der Waals surface area contributed by atoms with Crippen LogP contribution in [0.15, 0.2) is 56.7 Å². The van der Waals surface area contributed by atoms with Gasteiger partial charge in [-0.3, -0.25) is 0 Å². The third-order valence-corrected chi connectivity index (χ3v) is 5.12. The van der Waals surface area contributed by atoms with Crippen molar-refractivity contribution >= 4 is 56.3 Å². The zero-order valence-corrected chi connectivity index (χ0v) is 14.6. The third-order valence-electron chi connectivity index (χ3n) is 2.39. The summed E-state index contributed by atoms with van der Waals surface area (Å²) in [6, 6.07) is 13.8. The highest BCUT2D eigenvalue weighted by Crippen LogP contribution is 2.34. The number of rotatable bonds is 3.